The summed E-state index contributed by atoms with van der Waals surface area (Å²) in [5, 5.41) is 12.3. The van der Waals surface area contributed by atoms with E-state index in [1.165, 1.54) is 0 Å². The zero-order valence-electron chi connectivity index (χ0n) is 12.7. The summed E-state index contributed by atoms with van der Waals surface area (Å²) in [7, 11) is 0. The second-order valence-electron chi connectivity index (χ2n) is 5.49. The van der Waals surface area contributed by atoms with Crippen LogP contribution in [0.3, 0.4) is 0 Å². The van der Waals surface area contributed by atoms with Gasteiger partial charge in [-0.3, -0.25) is 0 Å². The number of rotatable bonds is 5. The quantitative estimate of drug-likeness (QED) is 0.734. The Morgan fingerprint density at radius 3 is 2.35 bits per heavy atom. The van der Waals surface area contributed by atoms with Gasteiger partial charge in [-0.15, -0.1) is 0 Å². The zero-order chi connectivity index (χ0) is 16.1. The van der Waals surface area contributed by atoms with Gasteiger partial charge in [-0.05, 0) is 21.9 Å². The van der Waals surface area contributed by atoms with Crippen molar-refractivity contribution < 1.29 is 14.6 Å². The molecule has 3 rings (SSSR count). The Morgan fingerprint density at radius 1 is 0.870 bits per heavy atom. The number of ether oxygens (including phenoxy) is 1. The van der Waals surface area contributed by atoms with Crippen LogP contribution in [0.5, 0.6) is 0 Å². The zero-order valence-corrected chi connectivity index (χ0v) is 12.7. The fourth-order valence-electron chi connectivity index (χ4n) is 2.50. The summed E-state index contributed by atoms with van der Waals surface area (Å²) >= 11 is 0. The minimum Gasteiger partial charge on any atom is -0.459 e. The fourth-order valence-corrected chi connectivity index (χ4v) is 2.50. The molecule has 1 N–H and O–H groups in total. The lowest BCUT2D eigenvalue weighted by Crippen LogP contribution is -2.25. The molecule has 3 heteroatoms. The minimum atomic E-state index is -1.15. The Bertz CT molecular complexity index is 796. The van der Waals surface area contributed by atoms with E-state index in [0.717, 1.165) is 21.9 Å². The molecule has 0 amide bonds. The minimum absolute atomic E-state index is 0.175. The van der Waals surface area contributed by atoms with E-state index in [1.54, 1.807) is 0 Å². The van der Waals surface area contributed by atoms with E-state index < -0.39 is 12.1 Å². The van der Waals surface area contributed by atoms with Gasteiger partial charge in [-0.1, -0.05) is 72.8 Å². The predicted octanol–water partition coefficient (Wildman–Crippen LogP) is 3.49. The van der Waals surface area contributed by atoms with Crippen molar-refractivity contribution in [3.8, 4) is 0 Å². The summed E-state index contributed by atoms with van der Waals surface area (Å²) in [6.07, 6.45) is -0.904. The summed E-state index contributed by atoms with van der Waals surface area (Å²) in [5.74, 6) is -0.595. The van der Waals surface area contributed by atoms with Crippen LogP contribution in [0.25, 0.3) is 10.8 Å². The first-order valence-corrected chi connectivity index (χ1v) is 7.59. The molecule has 0 spiro atoms. The molecule has 116 valence electrons. The largest absolute Gasteiger partial charge is 0.459 e. The molecule has 3 nitrogen and oxygen atoms in total. The van der Waals surface area contributed by atoms with Gasteiger partial charge in [0.1, 0.15) is 6.61 Å². The normalized spacial score (nSPS) is 12.0. The van der Waals surface area contributed by atoms with E-state index in [0.29, 0.717) is 0 Å². The number of fused-ring (bicyclic) bond motifs is 1. The number of aliphatic hydroxyl groups excluding tert-OH is 1. The lowest BCUT2D eigenvalue weighted by molar-refractivity contribution is -0.154. The van der Waals surface area contributed by atoms with Crippen LogP contribution in [-0.2, 0) is 22.6 Å². The van der Waals surface area contributed by atoms with Crippen molar-refractivity contribution in [1.29, 1.82) is 0 Å². The predicted molar refractivity (Wildman–Crippen MR) is 89.9 cm³/mol. The van der Waals surface area contributed by atoms with Gasteiger partial charge in [0.2, 0.25) is 0 Å². The van der Waals surface area contributed by atoms with Crippen LogP contribution >= 0.6 is 0 Å². The number of carbonyl (C=O) groups excluding carboxylic acids is 1. The van der Waals surface area contributed by atoms with Crippen molar-refractivity contribution in [3.05, 3.63) is 83.9 Å². The van der Waals surface area contributed by atoms with E-state index in [2.05, 4.69) is 0 Å². The highest BCUT2D eigenvalue weighted by atomic mass is 16.5. The molecule has 0 saturated heterocycles. The highest BCUT2D eigenvalue weighted by Gasteiger charge is 2.17. The molecule has 1 atom stereocenters. The number of hydrogen-bond acceptors (Lipinski definition) is 3. The third-order valence-electron chi connectivity index (χ3n) is 3.74. The Balaban J connectivity index is 1.60. The number of aliphatic hydroxyl groups is 1. The van der Waals surface area contributed by atoms with Crippen molar-refractivity contribution in [1.82, 2.24) is 0 Å². The highest BCUT2D eigenvalue weighted by Crippen LogP contribution is 2.17. The van der Waals surface area contributed by atoms with Gasteiger partial charge in [0.05, 0.1) is 0 Å². The molecule has 0 bridgehead atoms. The maximum Gasteiger partial charge on any atom is 0.335 e. The molecule has 0 saturated carbocycles. The lowest BCUT2D eigenvalue weighted by atomic mass is 10.0. The van der Waals surface area contributed by atoms with E-state index in [9.17, 15) is 9.90 Å². The molecule has 0 radical (unpaired) electrons. The fraction of sp³-hybridized carbons (Fsp3) is 0.150. The van der Waals surface area contributed by atoms with E-state index in [4.69, 9.17) is 4.74 Å². The van der Waals surface area contributed by atoms with Crippen LogP contribution in [0.4, 0.5) is 0 Å². The van der Waals surface area contributed by atoms with Gasteiger partial charge in [0.25, 0.3) is 0 Å². The van der Waals surface area contributed by atoms with Crippen molar-refractivity contribution >= 4 is 16.7 Å². The highest BCUT2D eigenvalue weighted by molar-refractivity contribution is 5.83. The van der Waals surface area contributed by atoms with E-state index in [1.807, 2.05) is 72.8 Å². The summed E-state index contributed by atoms with van der Waals surface area (Å²) in [4.78, 5) is 11.9. The molecule has 0 aliphatic carbocycles. The summed E-state index contributed by atoms with van der Waals surface area (Å²) in [6.45, 7) is 0.175. The number of hydrogen-bond donors (Lipinski definition) is 1. The summed E-state index contributed by atoms with van der Waals surface area (Å²) in [6, 6.07) is 23.3. The first kappa shape index (κ1) is 15.3. The molecule has 0 unspecified atom stereocenters. The third kappa shape index (κ3) is 3.96. The first-order valence-electron chi connectivity index (χ1n) is 7.59. The lowest BCUT2D eigenvalue weighted by Gasteiger charge is -2.11. The SMILES string of the molecule is O=C(OCc1ccccc1)[C@H](O)Cc1ccc2ccccc2c1. The van der Waals surface area contributed by atoms with Crippen LogP contribution in [0.2, 0.25) is 0 Å². The molecular formula is C20H18O3. The van der Waals surface area contributed by atoms with Gasteiger partial charge in [-0.2, -0.15) is 0 Å². The molecular weight excluding hydrogens is 288 g/mol. The Hall–Kier alpha value is -2.65. The van der Waals surface area contributed by atoms with Crippen molar-refractivity contribution in [2.45, 2.75) is 19.1 Å². The number of benzene rings is 3. The van der Waals surface area contributed by atoms with Crippen molar-refractivity contribution in [2.75, 3.05) is 0 Å². The Morgan fingerprint density at radius 2 is 1.57 bits per heavy atom. The Kier molecular flexibility index (Phi) is 4.69. The maximum absolute atomic E-state index is 11.9. The molecule has 0 aliphatic heterocycles. The van der Waals surface area contributed by atoms with Crippen LogP contribution < -0.4 is 0 Å². The molecule has 0 aliphatic rings. The third-order valence-corrected chi connectivity index (χ3v) is 3.74. The molecule has 23 heavy (non-hydrogen) atoms. The second kappa shape index (κ2) is 7.07. The van der Waals surface area contributed by atoms with Gasteiger partial charge in [0.15, 0.2) is 6.10 Å². The van der Waals surface area contributed by atoms with Crippen LogP contribution in [0.1, 0.15) is 11.1 Å². The number of esters is 1. The average Bonchev–Trinajstić information content (AvgIpc) is 2.60. The topological polar surface area (TPSA) is 46.5 Å². The van der Waals surface area contributed by atoms with E-state index >= 15 is 0 Å². The molecule has 3 aromatic carbocycles. The van der Waals surface area contributed by atoms with Crippen molar-refractivity contribution in [2.24, 2.45) is 0 Å². The van der Waals surface area contributed by atoms with Gasteiger partial charge in [-0.25, -0.2) is 4.79 Å². The molecule has 0 fully saturated rings. The smallest absolute Gasteiger partial charge is 0.335 e. The van der Waals surface area contributed by atoms with Gasteiger partial charge >= 0.3 is 5.97 Å². The van der Waals surface area contributed by atoms with Crippen LogP contribution in [0.15, 0.2) is 72.8 Å². The summed E-state index contributed by atoms with van der Waals surface area (Å²) < 4.78 is 5.16. The average molecular weight is 306 g/mol. The number of carbonyl (C=O) groups is 1. The maximum atomic E-state index is 11.9. The molecule has 3 aromatic rings. The first-order chi connectivity index (χ1) is 11.2. The van der Waals surface area contributed by atoms with Gasteiger partial charge in [0, 0.05) is 6.42 Å². The van der Waals surface area contributed by atoms with Gasteiger partial charge < -0.3 is 9.84 Å². The van der Waals surface area contributed by atoms with Crippen LogP contribution in [0, 0.1) is 0 Å². The standard InChI is InChI=1S/C20H18O3/c21-19(20(22)23-14-15-6-2-1-3-7-15)13-16-10-11-17-8-4-5-9-18(17)12-16/h1-12,19,21H,13-14H2/t19-/m1/s1. The monoisotopic (exact) mass is 306 g/mol. The van der Waals surface area contributed by atoms with E-state index in [-0.39, 0.29) is 13.0 Å². The molecule has 0 heterocycles. The Labute approximate surface area is 135 Å². The molecule has 0 aromatic heterocycles. The van der Waals surface area contributed by atoms with Crippen molar-refractivity contribution in [3.63, 3.8) is 0 Å². The second-order valence-corrected chi connectivity index (χ2v) is 5.49. The summed E-state index contributed by atoms with van der Waals surface area (Å²) in [5.41, 5.74) is 1.81. The van der Waals surface area contributed by atoms with Crippen LogP contribution in [-0.4, -0.2) is 17.2 Å².